The number of amides is 1. The molecule has 1 aromatic heterocycles. The molecular weight excluding hydrogens is 234 g/mol. The Kier molecular flexibility index (Phi) is 6.22. The Morgan fingerprint density at radius 3 is 2.82 bits per heavy atom. The molecule has 3 nitrogen and oxygen atoms in total. The van der Waals surface area contributed by atoms with Gasteiger partial charge in [0.1, 0.15) is 6.10 Å². The molecule has 1 amide bonds. The second-order valence-electron chi connectivity index (χ2n) is 4.08. The van der Waals surface area contributed by atoms with Crippen LogP contribution in [0.25, 0.3) is 0 Å². The van der Waals surface area contributed by atoms with Gasteiger partial charge in [-0.2, -0.15) is 0 Å². The van der Waals surface area contributed by atoms with Crippen LogP contribution in [-0.4, -0.2) is 19.6 Å². The summed E-state index contributed by atoms with van der Waals surface area (Å²) in [6.45, 7) is 4.71. The number of ether oxygens (including phenoxy) is 1. The van der Waals surface area contributed by atoms with E-state index in [9.17, 15) is 4.79 Å². The normalized spacial score (nSPS) is 12.4. The van der Waals surface area contributed by atoms with E-state index in [-0.39, 0.29) is 12.0 Å². The minimum Gasteiger partial charge on any atom is -0.374 e. The summed E-state index contributed by atoms with van der Waals surface area (Å²) in [5, 5.41) is 2.92. The van der Waals surface area contributed by atoms with Gasteiger partial charge in [-0.25, -0.2) is 0 Å². The molecule has 1 N–H and O–H groups in total. The highest BCUT2D eigenvalue weighted by Crippen LogP contribution is 2.24. The van der Waals surface area contributed by atoms with E-state index in [4.69, 9.17) is 4.74 Å². The Bertz CT molecular complexity index is 349. The Hall–Kier alpha value is -0.870. The van der Waals surface area contributed by atoms with E-state index < -0.39 is 0 Å². The van der Waals surface area contributed by atoms with Gasteiger partial charge >= 0.3 is 0 Å². The Balaban J connectivity index is 2.40. The van der Waals surface area contributed by atoms with Crippen molar-refractivity contribution >= 4 is 17.2 Å². The van der Waals surface area contributed by atoms with Gasteiger partial charge in [0.25, 0.3) is 0 Å². The van der Waals surface area contributed by atoms with Crippen molar-refractivity contribution in [3.05, 3.63) is 21.9 Å². The minimum absolute atomic E-state index is 0.0284. The Morgan fingerprint density at radius 1 is 1.53 bits per heavy atom. The van der Waals surface area contributed by atoms with Gasteiger partial charge < -0.3 is 10.1 Å². The van der Waals surface area contributed by atoms with Gasteiger partial charge in [-0.1, -0.05) is 13.3 Å². The van der Waals surface area contributed by atoms with Gasteiger partial charge in [-0.05, 0) is 25.5 Å². The summed E-state index contributed by atoms with van der Waals surface area (Å²) in [4.78, 5) is 13.9. The molecule has 1 atom stereocenters. The Morgan fingerprint density at radius 2 is 2.29 bits per heavy atom. The number of rotatable bonds is 7. The molecule has 0 aromatic carbocycles. The number of nitrogens with one attached hydrogen (secondary N) is 1. The van der Waals surface area contributed by atoms with Gasteiger partial charge in [-0.3, -0.25) is 4.79 Å². The molecule has 0 aliphatic carbocycles. The fraction of sp³-hybridized carbons (Fsp3) is 0.615. The van der Waals surface area contributed by atoms with Crippen molar-refractivity contribution in [2.75, 3.05) is 13.7 Å². The zero-order valence-electron chi connectivity index (χ0n) is 10.8. The van der Waals surface area contributed by atoms with Crippen molar-refractivity contribution in [3.8, 4) is 0 Å². The van der Waals surface area contributed by atoms with E-state index >= 15 is 0 Å². The summed E-state index contributed by atoms with van der Waals surface area (Å²) in [5.41, 5.74) is 0. The molecule has 96 valence electrons. The van der Waals surface area contributed by atoms with Crippen LogP contribution in [0.3, 0.4) is 0 Å². The molecule has 4 heteroatoms. The molecule has 0 aliphatic rings. The van der Waals surface area contributed by atoms with Crippen LogP contribution in [0.4, 0.5) is 0 Å². The van der Waals surface area contributed by atoms with Crippen LogP contribution in [0, 0.1) is 6.92 Å². The smallest absolute Gasteiger partial charge is 0.220 e. The summed E-state index contributed by atoms with van der Waals surface area (Å²) >= 11 is 1.71. The van der Waals surface area contributed by atoms with Crippen LogP contribution in [0.2, 0.25) is 0 Å². The predicted octanol–water partition coefficient (Wildman–Crippen LogP) is 3.05. The zero-order chi connectivity index (χ0) is 12.7. The average molecular weight is 255 g/mol. The molecule has 1 unspecified atom stereocenters. The first kappa shape index (κ1) is 14.2. The van der Waals surface area contributed by atoms with Crippen LogP contribution in [0.5, 0.6) is 0 Å². The third kappa shape index (κ3) is 4.88. The molecule has 0 spiro atoms. The number of hydrogen-bond donors (Lipinski definition) is 1. The molecule has 0 fully saturated rings. The quantitative estimate of drug-likeness (QED) is 0.813. The molecule has 1 aromatic rings. The third-order valence-corrected chi connectivity index (χ3v) is 3.70. The zero-order valence-corrected chi connectivity index (χ0v) is 11.6. The first-order chi connectivity index (χ1) is 8.17. The number of unbranched alkanes of at least 4 members (excludes halogenated alkanes) is 1. The fourth-order valence-corrected chi connectivity index (χ4v) is 2.51. The lowest BCUT2D eigenvalue weighted by molar-refractivity contribution is -0.121. The van der Waals surface area contributed by atoms with Crippen LogP contribution < -0.4 is 5.32 Å². The van der Waals surface area contributed by atoms with E-state index in [1.165, 1.54) is 9.75 Å². The SMILES string of the molecule is CCCCC(=O)NCC(OC)c1ccc(C)s1. The van der Waals surface area contributed by atoms with E-state index in [0.717, 1.165) is 12.8 Å². The molecule has 0 radical (unpaired) electrons. The molecule has 0 bridgehead atoms. The maximum absolute atomic E-state index is 11.5. The van der Waals surface area contributed by atoms with Crippen molar-refractivity contribution in [3.63, 3.8) is 0 Å². The van der Waals surface area contributed by atoms with Crippen molar-refractivity contribution in [1.82, 2.24) is 5.32 Å². The molecule has 0 saturated heterocycles. The lowest BCUT2D eigenvalue weighted by atomic mass is 10.2. The molecule has 0 aliphatic heterocycles. The largest absolute Gasteiger partial charge is 0.374 e. The van der Waals surface area contributed by atoms with E-state index in [1.807, 2.05) is 0 Å². The van der Waals surface area contributed by atoms with Crippen LogP contribution in [0.15, 0.2) is 12.1 Å². The summed E-state index contributed by atoms with van der Waals surface area (Å²) in [6.07, 6.45) is 2.57. The molecular formula is C13H21NO2S. The van der Waals surface area contributed by atoms with Gasteiger partial charge in [-0.15, -0.1) is 11.3 Å². The molecule has 1 heterocycles. The van der Waals surface area contributed by atoms with E-state index in [0.29, 0.717) is 13.0 Å². The highest BCUT2D eigenvalue weighted by molar-refractivity contribution is 7.12. The second kappa shape index (κ2) is 7.45. The van der Waals surface area contributed by atoms with E-state index in [1.54, 1.807) is 18.4 Å². The summed E-state index contributed by atoms with van der Waals surface area (Å²) < 4.78 is 5.40. The Labute approximate surface area is 107 Å². The first-order valence-corrected chi connectivity index (χ1v) is 6.84. The number of carbonyl (C=O) groups is 1. The first-order valence-electron chi connectivity index (χ1n) is 6.03. The van der Waals surface area contributed by atoms with Gasteiger partial charge in [0.05, 0.1) is 0 Å². The number of hydrogen-bond acceptors (Lipinski definition) is 3. The summed E-state index contributed by atoms with van der Waals surface area (Å²) in [5.74, 6) is 0.113. The monoisotopic (exact) mass is 255 g/mol. The number of aryl methyl sites for hydroxylation is 1. The lowest BCUT2D eigenvalue weighted by Crippen LogP contribution is -2.28. The maximum atomic E-state index is 11.5. The average Bonchev–Trinajstić information content (AvgIpc) is 2.74. The number of methoxy groups -OCH3 is 1. The highest BCUT2D eigenvalue weighted by Gasteiger charge is 2.13. The number of thiophene rings is 1. The predicted molar refractivity (Wildman–Crippen MR) is 71.3 cm³/mol. The second-order valence-corrected chi connectivity index (χ2v) is 5.40. The molecule has 1 rings (SSSR count). The van der Waals surface area contributed by atoms with E-state index in [2.05, 4.69) is 31.3 Å². The maximum Gasteiger partial charge on any atom is 0.220 e. The van der Waals surface area contributed by atoms with Crippen LogP contribution in [0.1, 0.15) is 42.0 Å². The molecule has 0 saturated carbocycles. The topological polar surface area (TPSA) is 38.3 Å². The molecule has 17 heavy (non-hydrogen) atoms. The van der Waals surface area contributed by atoms with Gasteiger partial charge in [0.15, 0.2) is 0 Å². The van der Waals surface area contributed by atoms with Crippen molar-refractivity contribution < 1.29 is 9.53 Å². The van der Waals surface area contributed by atoms with Crippen LogP contribution in [-0.2, 0) is 9.53 Å². The third-order valence-electron chi connectivity index (χ3n) is 2.61. The van der Waals surface area contributed by atoms with Gasteiger partial charge in [0, 0.05) is 29.8 Å². The van der Waals surface area contributed by atoms with Crippen molar-refractivity contribution in [2.45, 2.75) is 39.2 Å². The summed E-state index contributed by atoms with van der Waals surface area (Å²) in [7, 11) is 1.68. The van der Waals surface area contributed by atoms with Crippen molar-refractivity contribution in [1.29, 1.82) is 0 Å². The van der Waals surface area contributed by atoms with Crippen molar-refractivity contribution in [2.24, 2.45) is 0 Å². The summed E-state index contributed by atoms with van der Waals surface area (Å²) in [6, 6.07) is 4.14. The highest BCUT2D eigenvalue weighted by atomic mass is 32.1. The fourth-order valence-electron chi connectivity index (χ4n) is 1.56. The standard InChI is InChI=1S/C13H21NO2S/c1-4-5-6-13(15)14-9-11(16-3)12-8-7-10(2)17-12/h7-8,11H,4-6,9H2,1-3H3,(H,14,15). The number of carbonyl (C=O) groups excluding carboxylic acids is 1. The van der Waals surface area contributed by atoms with Gasteiger partial charge in [0.2, 0.25) is 5.91 Å². The minimum atomic E-state index is -0.0284. The van der Waals surface area contributed by atoms with Crippen LogP contribution >= 0.6 is 11.3 Å². The lowest BCUT2D eigenvalue weighted by Gasteiger charge is -2.14.